The van der Waals surface area contributed by atoms with Gasteiger partial charge < -0.3 is 10.2 Å². The first-order valence-corrected chi connectivity index (χ1v) is 4.36. The maximum atomic E-state index is 8.81. The Morgan fingerprint density at radius 3 is 1.46 bits per heavy atom. The molecule has 0 aromatic rings. The third-order valence-electron chi connectivity index (χ3n) is 0.735. The van der Waals surface area contributed by atoms with Gasteiger partial charge in [-0.1, -0.05) is 20.3 Å². The maximum Gasteiger partial charge on any atom is 0.194 e. The van der Waals surface area contributed by atoms with E-state index >= 15 is 0 Å². The summed E-state index contributed by atoms with van der Waals surface area (Å²) in [6, 6.07) is 0. The van der Waals surface area contributed by atoms with E-state index in [1.807, 2.05) is 6.92 Å². The fourth-order valence-corrected chi connectivity index (χ4v) is 0.158. The molecule has 0 aliphatic heterocycles. The molecule has 0 aliphatic carbocycles. The van der Waals surface area contributed by atoms with Gasteiger partial charge in [0.1, 0.15) is 0 Å². The fourth-order valence-electron chi connectivity index (χ4n) is 0.158. The van der Waals surface area contributed by atoms with Crippen molar-refractivity contribution < 1.29 is 15.1 Å². The maximum absolute atomic E-state index is 8.81. The molecule has 0 spiro atoms. The highest BCUT2D eigenvalue weighted by Crippen LogP contribution is 1.78. The smallest absolute Gasteiger partial charge is 0.194 e. The van der Waals surface area contributed by atoms with Crippen molar-refractivity contribution in [3.8, 4) is 0 Å². The number of aliphatic hydroxyl groups excluding tert-OH is 2. The van der Waals surface area contributed by atoms with E-state index in [2.05, 4.69) is 6.92 Å². The lowest BCUT2D eigenvalue weighted by Crippen LogP contribution is -1.79. The fraction of sp³-hybridized carbons (Fsp3) is 1.00. The lowest BCUT2D eigenvalue weighted by molar-refractivity contribution is -0.445. The average molecular weight is 195 g/mol. The summed E-state index contributed by atoms with van der Waals surface area (Å²) in [6.07, 6.45) is 2.91. The Labute approximate surface area is 79.5 Å². The first kappa shape index (κ1) is 18.2. The number of hydrogen-bond acceptors (Lipinski definition) is 4. The Morgan fingerprint density at radius 1 is 1.15 bits per heavy atom. The van der Waals surface area contributed by atoms with E-state index in [1.165, 1.54) is 0 Å². The monoisotopic (exact) mass is 195 g/mol. The molecule has 0 heterocycles. The standard InChI is InChI=1S/C4H10O.C3H8O.CH3NO2/c1-2-3-4-5;1-2-3-4;1-2(3)4/h5H,2-4H2,1H3;4H,2-3H2,1H3;1H3. The van der Waals surface area contributed by atoms with Gasteiger partial charge in [-0.05, 0) is 12.8 Å². The summed E-state index contributed by atoms with van der Waals surface area (Å²) >= 11 is 0. The van der Waals surface area contributed by atoms with Crippen molar-refractivity contribution in [1.82, 2.24) is 0 Å². The summed E-state index contributed by atoms with van der Waals surface area (Å²) in [5.74, 6) is 0. The van der Waals surface area contributed by atoms with Gasteiger partial charge in [0.05, 0.1) is 0 Å². The number of unbranched alkanes of at least 4 members (excludes halogenated alkanes) is 1. The van der Waals surface area contributed by atoms with Crippen LogP contribution in [0.5, 0.6) is 0 Å². The second kappa shape index (κ2) is 22.5. The van der Waals surface area contributed by atoms with Crippen molar-refractivity contribution in [2.45, 2.75) is 33.1 Å². The van der Waals surface area contributed by atoms with Gasteiger partial charge in [-0.25, -0.2) is 0 Å². The molecule has 0 atom stereocenters. The van der Waals surface area contributed by atoms with Crippen LogP contribution in [0.4, 0.5) is 0 Å². The number of hydrogen-bond donors (Lipinski definition) is 2. The largest absolute Gasteiger partial charge is 0.396 e. The van der Waals surface area contributed by atoms with Crippen LogP contribution in [0, 0.1) is 10.1 Å². The predicted molar refractivity (Wildman–Crippen MR) is 52.3 cm³/mol. The van der Waals surface area contributed by atoms with Crippen LogP contribution in [0.2, 0.25) is 0 Å². The van der Waals surface area contributed by atoms with Gasteiger partial charge in [-0.15, -0.1) is 0 Å². The minimum Gasteiger partial charge on any atom is -0.396 e. The quantitative estimate of drug-likeness (QED) is 0.521. The minimum absolute atomic E-state index is 0.319. The summed E-state index contributed by atoms with van der Waals surface area (Å²) in [4.78, 5) is 8.31. The molecule has 0 aromatic heterocycles. The van der Waals surface area contributed by atoms with Crippen molar-refractivity contribution in [1.29, 1.82) is 0 Å². The Balaban J connectivity index is -0.000000117. The Bertz CT molecular complexity index is 80.2. The molecule has 0 radical (unpaired) electrons. The first-order valence-electron chi connectivity index (χ1n) is 4.36. The third-order valence-corrected chi connectivity index (χ3v) is 0.735. The predicted octanol–water partition coefficient (Wildman–Crippen LogP) is 1.06. The van der Waals surface area contributed by atoms with E-state index in [-0.39, 0.29) is 0 Å². The lowest BCUT2D eigenvalue weighted by atomic mass is 10.4. The molecule has 0 saturated carbocycles. The molecule has 0 rings (SSSR count). The number of nitro groups is 1. The summed E-state index contributed by atoms with van der Waals surface area (Å²) < 4.78 is 0. The van der Waals surface area contributed by atoms with Crippen molar-refractivity contribution in [3.63, 3.8) is 0 Å². The Hall–Kier alpha value is -0.680. The zero-order valence-corrected chi connectivity index (χ0v) is 8.69. The molecule has 5 nitrogen and oxygen atoms in total. The highest BCUT2D eigenvalue weighted by molar-refractivity contribution is 4.23. The van der Waals surface area contributed by atoms with Crippen LogP contribution in [0.3, 0.4) is 0 Å². The van der Waals surface area contributed by atoms with Gasteiger partial charge in [0, 0.05) is 18.1 Å². The SMILES string of the molecule is CCCCO.CCCO.C[N+](=O)[O-]. The highest BCUT2D eigenvalue weighted by atomic mass is 16.6. The second-order valence-corrected chi connectivity index (χ2v) is 2.24. The lowest BCUT2D eigenvalue weighted by Gasteiger charge is -1.79. The molecule has 0 fully saturated rings. The molecule has 0 saturated heterocycles. The normalized spacial score (nSPS) is 7.46. The van der Waals surface area contributed by atoms with Crippen LogP contribution < -0.4 is 0 Å². The van der Waals surface area contributed by atoms with Gasteiger partial charge in [-0.3, -0.25) is 10.1 Å². The minimum atomic E-state index is -0.500. The molecule has 5 heteroatoms. The molecular weight excluding hydrogens is 174 g/mol. The van der Waals surface area contributed by atoms with Gasteiger partial charge in [-0.2, -0.15) is 0 Å². The van der Waals surface area contributed by atoms with Crippen LogP contribution >= 0.6 is 0 Å². The highest BCUT2D eigenvalue weighted by Gasteiger charge is 1.69. The van der Waals surface area contributed by atoms with E-state index in [4.69, 9.17) is 20.3 Å². The molecular formula is C8H21NO4. The van der Waals surface area contributed by atoms with Gasteiger partial charge in [0.25, 0.3) is 0 Å². The second-order valence-electron chi connectivity index (χ2n) is 2.24. The molecule has 0 bridgehead atoms. The van der Waals surface area contributed by atoms with Crippen molar-refractivity contribution in [2.24, 2.45) is 0 Å². The number of nitrogens with zero attached hydrogens (tertiary/aromatic N) is 1. The molecule has 2 N–H and O–H groups in total. The molecule has 0 unspecified atom stereocenters. The van der Waals surface area contributed by atoms with Gasteiger partial charge in [0.15, 0.2) is 7.05 Å². The van der Waals surface area contributed by atoms with Crippen molar-refractivity contribution in [3.05, 3.63) is 10.1 Å². The first-order chi connectivity index (χ1) is 6.06. The van der Waals surface area contributed by atoms with Crippen molar-refractivity contribution >= 4 is 0 Å². The van der Waals surface area contributed by atoms with E-state index in [0.29, 0.717) is 13.2 Å². The van der Waals surface area contributed by atoms with E-state index < -0.39 is 4.92 Å². The Kier molecular flexibility index (Phi) is 31.5. The van der Waals surface area contributed by atoms with Crippen LogP contribution in [0.15, 0.2) is 0 Å². The zero-order chi connectivity index (χ0) is 11.1. The van der Waals surface area contributed by atoms with Crippen molar-refractivity contribution in [2.75, 3.05) is 20.3 Å². The van der Waals surface area contributed by atoms with Crippen LogP contribution in [0.25, 0.3) is 0 Å². The molecule has 13 heavy (non-hydrogen) atoms. The molecule has 0 aliphatic rings. The van der Waals surface area contributed by atoms with E-state index in [1.54, 1.807) is 0 Å². The molecule has 0 amide bonds. The van der Waals surface area contributed by atoms with E-state index in [0.717, 1.165) is 26.3 Å². The molecule has 82 valence electrons. The van der Waals surface area contributed by atoms with Crippen LogP contribution in [-0.4, -0.2) is 35.4 Å². The van der Waals surface area contributed by atoms with E-state index in [9.17, 15) is 0 Å². The zero-order valence-electron chi connectivity index (χ0n) is 8.69. The number of aliphatic hydroxyl groups is 2. The number of rotatable bonds is 3. The van der Waals surface area contributed by atoms with Crippen LogP contribution in [-0.2, 0) is 0 Å². The van der Waals surface area contributed by atoms with Gasteiger partial charge >= 0.3 is 0 Å². The third kappa shape index (κ3) is 183. The molecule has 0 aromatic carbocycles. The topological polar surface area (TPSA) is 83.6 Å². The van der Waals surface area contributed by atoms with Crippen LogP contribution in [0.1, 0.15) is 33.1 Å². The Morgan fingerprint density at radius 2 is 1.46 bits per heavy atom. The summed E-state index contributed by atoms with van der Waals surface area (Å²) in [7, 11) is 0.889. The van der Waals surface area contributed by atoms with Gasteiger partial charge in [0.2, 0.25) is 0 Å². The summed E-state index contributed by atoms with van der Waals surface area (Å²) in [6.45, 7) is 4.65. The summed E-state index contributed by atoms with van der Waals surface area (Å²) in [5.41, 5.74) is 0. The summed E-state index contributed by atoms with van der Waals surface area (Å²) in [5, 5.41) is 24.7. The average Bonchev–Trinajstić information content (AvgIpc) is 2.05.